The Kier molecular flexibility index (Phi) is 2.85. The summed E-state index contributed by atoms with van der Waals surface area (Å²) < 4.78 is 4.29. The van der Waals surface area contributed by atoms with Crippen LogP contribution in [0.3, 0.4) is 0 Å². The van der Waals surface area contributed by atoms with Gasteiger partial charge in [-0.3, -0.25) is 0 Å². The average molecular weight is 337 g/mol. The molecule has 0 radical (unpaired) electrons. The van der Waals surface area contributed by atoms with E-state index >= 15 is 0 Å². The van der Waals surface area contributed by atoms with Crippen LogP contribution in [0, 0.1) is 22.5 Å². The summed E-state index contributed by atoms with van der Waals surface area (Å²) in [5.74, 6) is 2.79. The molecule has 1 aromatic carbocycles. The SMILES string of the molecule is S=c1[nH]c2cc(Br)ccc2n1CC(C1CC1)C1CC1. The first-order valence-electron chi connectivity index (χ1n) is 7.10. The molecule has 4 rings (SSSR count). The molecule has 19 heavy (non-hydrogen) atoms. The Hall–Kier alpha value is -0.610. The maximum Gasteiger partial charge on any atom is 0.178 e. The number of nitrogens with one attached hydrogen (secondary N) is 1. The fourth-order valence-corrected chi connectivity index (χ4v) is 3.90. The Morgan fingerprint density at radius 1 is 1.26 bits per heavy atom. The van der Waals surface area contributed by atoms with E-state index in [1.165, 1.54) is 31.2 Å². The number of nitrogens with zero attached hydrogens (tertiary/aromatic N) is 1. The van der Waals surface area contributed by atoms with Crippen LogP contribution in [0.5, 0.6) is 0 Å². The third kappa shape index (κ3) is 2.29. The molecule has 1 N–H and O–H groups in total. The molecule has 2 nitrogen and oxygen atoms in total. The van der Waals surface area contributed by atoms with Gasteiger partial charge in [0.05, 0.1) is 11.0 Å². The number of fused-ring (bicyclic) bond motifs is 1. The predicted molar refractivity (Wildman–Crippen MR) is 83.8 cm³/mol. The zero-order valence-corrected chi connectivity index (χ0v) is 13.1. The zero-order valence-electron chi connectivity index (χ0n) is 10.7. The van der Waals surface area contributed by atoms with Crippen molar-refractivity contribution >= 4 is 39.2 Å². The first kappa shape index (κ1) is 12.2. The quantitative estimate of drug-likeness (QED) is 0.787. The number of benzene rings is 1. The Morgan fingerprint density at radius 2 is 1.95 bits per heavy atom. The molecule has 0 saturated heterocycles. The second kappa shape index (κ2) is 4.45. The maximum atomic E-state index is 5.52. The average Bonchev–Trinajstić information content (AvgIpc) is 3.24. The van der Waals surface area contributed by atoms with Gasteiger partial charge in [0.1, 0.15) is 0 Å². The summed E-state index contributed by atoms with van der Waals surface area (Å²) in [6.45, 7) is 1.11. The molecule has 0 bridgehead atoms. The molecule has 100 valence electrons. The Bertz CT molecular complexity index is 667. The Labute approximate surface area is 126 Å². The van der Waals surface area contributed by atoms with Crippen molar-refractivity contribution in [2.75, 3.05) is 0 Å². The lowest BCUT2D eigenvalue weighted by atomic mass is 9.98. The van der Waals surface area contributed by atoms with Gasteiger partial charge in [-0.05, 0) is 73.9 Å². The molecule has 1 heterocycles. The summed E-state index contributed by atoms with van der Waals surface area (Å²) in [4.78, 5) is 3.34. The molecule has 0 atom stereocenters. The van der Waals surface area contributed by atoms with Gasteiger partial charge in [-0.2, -0.15) is 0 Å². The van der Waals surface area contributed by atoms with Crippen LogP contribution in [0.25, 0.3) is 11.0 Å². The van der Waals surface area contributed by atoms with Gasteiger partial charge in [-0.15, -0.1) is 0 Å². The van der Waals surface area contributed by atoms with Gasteiger partial charge in [-0.1, -0.05) is 15.9 Å². The molecule has 2 saturated carbocycles. The molecule has 2 aliphatic rings. The number of rotatable bonds is 4. The smallest absolute Gasteiger partial charge is 0.178 e. The monoisotopic (exact) mass is 336 g/mol. The van der Waals surface area contributed by atoms with Gasteiger partial charge in [0.15, 0.2) is 4.77 Å². The highest BCUT2D eigenvalue weighted by Crippen LogP contribution is 2.50. The van der Waals surface area contributed by atoms with Gasteiger partial charge in [0.2, 0.25) is 0 Å². The molecular formula is C15H17BrN2S. The maximum absolute atomic E-state index is 5.52. The van der Waals surface area contributed by atoms with E-state index in [0.717, 1.165) is 39.1 Å². The minimum atomic E-state index is 0.856. The van der Waals surface area contributed by atoms with E-state index in [1.54, 1.807) is 0 Å². The normalized spacial score (nSPS) is 19.5. The fourth-order valence-electron chi connectivity index (χ4n) is 3.26. The molecule has 0 spiro atoms. The highest BCUT2D eigenvalue weighted by molar-refractivity contribution is 9.10. The third-order valence-corrected chi connectivity index (χ3v) is 5.40. The topological polar surface area (TPSA) is 20.7 Å². The van der Waals surface area contributed by atoms with E-state index in [4.69, 9.17) is 12.2 Å². The first-order chi connectivity index (χ1) is 9.22. The molecule has 1 aromatic heterocycles. The lowest BCUT2D eigenvalue weighted by Crippen LogP contribution is -2.15. The Balaban J connectivity index is 1.73. The van der Waals surface area contributed by atoms with Crippen LogP contribution in [0.1, 0.15) is 25.7 Å². The largest absolute Gasteiger partial charge is 0.331 e. The summed E-state index contributed by atoms with van der Waals surface area (Å²) in [7, 11) is 0. The third-order valence-electron chi connectivity index (χ3n) is 4.58. The van der Waals surface area contributed by atoms with E-state index in [1.807, 2.05) is 0 Å². The zero-order chi connectivity index (χ0) is 13.0. The van der Waals surface area contributed by atoms with E-state index in [0.29, 0.717) is 0 Å². The summed E-state index contributed by atoms with van der Waals surface area (Å²) in [6, 6.07) is 6.39. The van der Waals surface area contributed by atoms with Gasteiger partial charge < -0.3 is 9.55 Å². The number of halogens is 1. The first-order valence-corrected chi connectivity index (χ1v) is 8.30. The van der Waals surface area contributed by atoms with Crippen molar-refractivity contribution < 1.29 is 0 Å². The number of hydrogen-bond donors (Lipinski definition) is 1. The fraction of sp³-hybridized carbons (Fsp3) is 0.533. The molecule has 0 aliphatic heterocycles. The van der Waals surface area contributed by atoms with Crippen molar-refractivity contribution in [2.24, 2.45) is 17.8 Å². The number of aromatic amines is 1. The van der Waals surface area contributed by atoms with Gasteiger partial charge in [0.25, 0.3) is 0 Å². The van der Waals surface area contributed by atoms with Gasteiger partial charge in [0, 0.05) is 11.0 Å². The number of aromatic nitrogens is 2. The van der Waals surface area contributed by atoms with E-state index in [2.05, 4.69) is 43.7 Å². The van der Waals surface area contributed by atoms with E-state index in [-0.39, 0.29) is 0 Å². The lowest BCUT2D eigenvalue weighted by molar-refractivity contribution is 0.351. The molecule has 0 unspecified atom stereocenters. The minimum absolute atomic E-state index is 0.856. The summed E-state index contributed by atoms with van der Waals surface area (Å²) >= 11 is 9.04. The second-order valence-electron chi connectivity index (χ2n) is 6.04. The summed E-state index contributed by atoms with van der Waals surface area (Å²) in [6.07, 6.45) is 5.73. The van der Waals surface area contributed by atoms with Crippen LogP contribution in [-0.4, -0.2) is 9.55 Å². The van der Waals surface area contributed by atoms with Crippen LogP contribution in [0.15, 0.2) is 22.7 Å². The van der Waals surface area contributed by atoms with Crippen molar-refractivity contribution in [1.82, 2.24) is 9.55 Å². The van der Waals surface area contributed by atoms with Crippen molar-refractivity contribution in [3.63, 3.8) is 0 Å². The van der Waals surface area contributed by atoms with Crippen LogP contribution >= 0.6 is 28.1 Å². The summed E-state index contributed by atoms with van der Waals surface area (Å²) in [5.41, 5.74) is 2.39. The molecule has 2 aliphatic carbocycles. The molecule has 0 amide bonds. The molecule has 4 heteroatoms. The lowest BCUT2D eigenvalue weighted by Gasteiger charge is -2.16. The van der Waals surface area contributed by atoms with Crippen LogP contribution < -0.4 is 0 Å². The van der Waals surface area contributed by atoms with Gasteiger partial charge >= 0.3 is 0 Å². The highest BCUT2D eigenvalue weighted by atomic mass is 79.9. The van der Waals surface area contributed by atoms with Crippen molar-refractivity contribution in [2.45, 2.75) is 32.2 Å². The van der Waals surface area contributed by atoms with Crippen LogP contribution in [0.2, 0.25) is 0 Å². The Morgan fingerprint density at radius 3 is 2.58 bits per heavy atom. The number of H-pyrrole nitrogens is 1. The van der Waals surface area contributed by atoms with Gasteiger partial charge in [-0.25, -0.2) is 0 Å². The summed E-state index contributed by atoms with van der Waals surface area (Å²) in [5, 5.41) is 0. The standard InChI is InChI=1S/C15H17BrN2S/c16-11-5-6-14-13(7-11)17-15(19)18(14)8-12(9-1-2-9)10-3-4-10/h5-7,9-10,12H,1-4,8H2,(H,17,19). The van der Waals surface area contributed by atoms with Crippen LogP contribution in [-0.2, 0) is 6.54 Å². The van der Waals surface area contributed by atoms with Crippen molar-refractivity contribution in [3.8, 4) is 0 Å². The number of imidazole rings is 1. The van der Waals surface area contributed by atoms with Crippen LogP contribution in [0.4, 0.5) is 0 Å². The van der Waals surface area contributed by atoms with E-state index in [9.17, 15) is 0 Å². The molecule has 2 aromatic rings. The molecule has 2 fully saturated rings. The number of hydrogen-bond acceptors (Lipinski definition) is 1. The highest BCUT2D eigenvalue weighted by Gasteiger charge is 2.41. The molecular weight excluding hydrogens is 320 g/mol. The second-order valence-corrected chi connectivity index (χ2v) is 7.34. The van der Waals surface area contributed by atoms with Crippen molar-refractivity contribution in [3.05, 3.63) is 27.4 Å². The van der Waals surface area contributed by atoms with E-state index < -0.39 is 0 Å². The predicted octanol–water partition coefficient (Wildman–Crippen LogP) is 4.90. The minimum Gasteiger partial charge on any atom is -0.331 e. The van der Waals surface area contributed by atoms with Crippen molar-refractivity contribution in [1.29, 1.82) is 0 Å².